The molecule has 29 heavy (non-hydrogen) atoms. The Balaban J connectivity index is 1.41. The van der Waals surface area contributed by atoms with Gasteiger partial charge in [0.1, 0.15) is 11.6 Å². The molecule has 0 bridgehead atoms. The van der Waals surface area contributed by atoms with E-state index >= 15 is 0 Å². The fourth-order valence-corrected chi connectivity index (χ4v) is 3.26. The molecule has 9 heteroatoms. The summed E-state index contributed by atoms with van der Waals surface area (Å²) in [6, 6.07) is 8.84. The van der Waals surface area contributed by atoms with Crippen LogP contribution in [0.2, 0.25) is 0 Å². The third kappa shape index (κ3) is 5.71. The van der Waals surface area contributed by atoms with Crippen LogP contribution < -0.4 is 10.6 Å². The second kappa shape index (κ2) is 9.42. The number of hydrogen-bond donors (Lipinski definition) is 2. The molecule has 2 amide bonds. The van der Waals surface area contributed by atoms with E-state index in [-0.39, 0.29) is 30.0 Å². The third-order valence-electron chi connectivity index (χ3n) is 4.87. The first kappa shape index (κ1) is 20.7. The van der Waals surface area contributed by atoms with Crippen LogP contribution in [-0.2, 0) is 11.3 Å². The van der Waals surface area contributed by atoms with Crippen LogP contribution in [0.15, 0.2) is 42.5 Å². The maximum Gasteiger partial charge on any atom is 0.319 e. The predicted octanol–water partition coefficient (Wildman–Crippen LogP) is 4.52. The van der Waals surface area contributed by atoms with E-state index in [4.69, 9.17) is 4.74 Å². The third-order valence-corrected chi connectivity index (χ3v) is 4.87. The van der Waals surface area contributed by atoms with Crippen LogP contribution >= 0.6 is 0 Å². The molecule has 2 aromatic carbocycles. The fraction of sp³-hybridized carbons (Fsp3) is 0.350. The number of amides is 2. The predicted molar refractivity (Wildman–Crippen MR) is 102 cm³/mol. The van der Waals surface area contributed by atoms with E-state index in [2.05, 4.69) is 10.6 Å². The summed E-state index contributed by atoms with van der Waals surface area (Å²) in [7, 11) is 0. The van der Waals surface area contributed by atoms with Gasteiger partial charge in [0.2, 0.25) is 0 Å². The number of anilines is 1. The number of nitrogens with one attached hydrogen (secondary N) is 2. The lowest BCUT2D eigenvalue weighted by Gasteiger charge is -2.29. The quantitative estimate of drug-likeness (QED) is 0.546. The van der Waals surface area contributed by atoms with E-state index in [1.807, 2.05) is 0 Å². The number of non-ortho nitro benzene ring substituents is 1. The molecule has 2 N–H and O–H groups in total. The SMILES string of the molecule is O=C(Nc1ccc([N+](=O)[O-])cc1)NC1CCC(OCc2c(F)cccc2F)CC1. The highest BCUT2D eigenvalue weighted by Crippen LogP contribution is 2.24. The van der Waals surface area contributed by atoms with E-state index in [1.54, 1.807) is 0 Å². The molecular weight excluding hydrogens is 384 g/mol. The Morgan fingerprint density at radius 1 is 1.07 bits per heavy atom. The van der Waals surface area contributed by atoms with E-state index < -0.39 is 22.6 Å². The highest BCUT2D eigenvalue weighted by molar-refractivity contribution is 5.89. The summed E-state index contributed by atoms with van der Waals surface area (Å²) in [4.78, 5) is 22.2. The average Bonchev–Trinajstić information content (AvgIpc) is 2.69. The first-order chi connectivity index (χ1) is 13.9. The molecule has 2 aromatic rings. The highest BCUT2D eigenvalue weighted by Gasteiger charge is 2.23. The van der Waals surface area contributed by atoms with Gasteiger partial charge in [0.15, 0.2) is 0 Å². The van der Waals surface area contributed by atoms with Crippen molar-refractivity contribution in [2.24, 2.45) is 0 Å². The minimum atomic E-state index is -0.622. The van der Waals surface area contributed by atoms with Crippen molar-refractivity contribution >= 4 is 17.4 Å². The Bertz CT molecular complexity index is 848. The van der Waals surface area contributed by atoms with Gasteiger partial charge in [-0.05, 0) is 49.9 Å². The number of halogens is 2. The van der Waals surface area contributed by atoms with Crippen LogP contribution in [0.25, 0.3) is 0 Å². The minimum Gasteiger partial charge on any atom is -0.373 e. The van der Waals surface area contributed by atoms with Crippen LogP contribution in [0.3, 0.4) is 0 Å². The Morgan fingerprint density at radius 2 is 1.69 bits per heavy atom. The molecule has 1 aliphatic carbocycles. The molecule has 0 aliphatic heterocycles. The summed E-state index contributed by atoms with van der Waals surface area (Å²) in [5, 5.41) is 16.1. The summed E-state index contributed by atoms with van der Waals surface area (Å²) >= 11 is 0. The fourth-order valence-electron chi connectivity index (χ4n) is 3.26. The van der Waals surface area contributed by atoms with Gasteiger partial charge in [-0.3, -0.25) is 10.1 Å². The second-order valence-corrected chi connectivity index (χ2v) is 6.89. The van der Waals surface area contributed by atoms with Gasteiger partial charge < -0.3 is 15.4 Å². The molecule has 0 spiro atoms. The molecule has 3 rings (SSSR count). The lowest BCUT2D eigenvalue weighted by Crippen LogP contribution is -2.41. The first-order valence-corrected chi connectivity index (χ1v) is 9.29. The number of benzene rings is 2. The molecule has 1 saturated carbocycles. The van der Waals surface area contributed by atoms with Crippen molar-refractivity contribution in [3.63, 3.8) is 0 Å². The van der Waals surface area contributed by atoms with E-state index in [0.717, 1.165) is 0 Å². The van der Waals surface area contributed by atoms with Gasteiger partial charge in [0, 0.05) is 29.4 Å². The number of nitro benzene ring substituents is 1. The Hall–Kier alpha value is -3.07. The molecule has 7 nitrogen and oxygen atoms in total. The largest absolute Gasteiger partial charge is 0.373 e. The zero-order valence-electron chi connectivity index (χ0n) is 15.6. The number of rotatable bonds is 6. The number of ether oxygens (including phenoxy) is 1. The molecule has 0 aromatic heterocycles. The van der Waals surface area contributed by atoms with Crippen molar-refractivity contribution in [1.29, 1.82) is 0 Å². The minimum absolute atomic E-state index is 0.0434. The normalized spacial score (nSPS) is 18.8. The number of carbonyl (C=O) groups excluding carboxylic acids is 1. The number of nitro groups is 1. The van der Waals surface area contributed by atoms with Gasteiger partial charge in [-0.25, -0.2) is 13.6 Å². The topological polar surface area (TPSA) is 93.5 Å². The summed E-state index contributed by atoms with van der Waals surface area (Å²) in [5.74, 6) is -1.24. The molecule has 1 fully saturated rings. The van der Waals surface area contributed by atoms with Crippen LogP contribution in [-0.4, -0.2) is 23.1 Å². The van der Waals surface area contributed by atoms with Crippen molar-refractivity contribution in [3.8, 4) is 0 Å². The van der Waals surface area contributed by atoms with E-state index in [9.17, 15) is 23.7 Å². The standard InChI is InChI=1S/C20H21F2N3O4/c21-18-2-1-3-19(22)17(18)12-29-16-10-6-14(7-11-16)24-20(26)23-13-4-8-15(9-5-13)25(27)28/h1-5,8-9,14,16H,6-7,10-12H2,(H2,23,24,26). The van der Waals surface area contributed by atoms with E-state index in [1.165, 1.54) is 42.5 Å². The monoisotopic (exact) mass is 405 g/mol. The van der Waals surface area contributed by atoms with Gasteiger partial charge in [-0.15, -0.1) is 0 Å². The van der Waals surface area contributed by atoms with Crippen molar-refractivity contribution in [2.75, 3.05) is 5.32 Å². The number of urea groups is 1. The van der Waals surface area contributed by atoms with Crippen LogP contribution in [0.5, 0.6) is 0 Å². The van der Waals surface area contributed by atoms with Gasteiger partial charge in [-0.2, -0.15) is 0 Å². The molecule has 0 radical (unpaired) electrons. The number of carbonyl (C=O) groups is 1. The summed E-state index contributed by atoms with van der Waals surface area (Å²) < 4.78 is 32.9. The van der Waals surface area contributed by atoms with Crippen molar-refractivity contribution in [2.45, 2.75) is 44.4 Å². The maximum atomic E-state index is 13.6. The lowest BCUT2D eigenvalue weighted by molar-refractivity contribution is -0.384. The maximum absolute atomic E-state index is 13.6. The lowest BCUT2D eigenvalue weighted by atomic mass is 9.93. The summed E-state index contributed by atoms with van der Waals surface area (Å²) in [5.41, 5.74) is 0.330. The van der Waals surface area contributed by atoms with Crippen LogP contribution in [0.1, 0.15) is 31.2 Å². The molecule has 0 atom stereocenters. The van der Waals surface area contributed by atoms with Gasteiger partial charge in [-0.1, -0.05) is 6.07 Å². The summed E-state index contributed by atoms with van der Waals surface area (Å²) in [6.45, 7) is -0.123. The highest BCUT2D eigenvalue weighted by atomic mass is 19.1. The summed E-state index contributed by atoms with van der Waals surface area (Å²) in [6.07, 6.45) is 2.57. The molecule has 0 heterocycles. The molecule has 154 valence electrons. The van der Waals surface area contributed by atoms with Crippen LogP contribution in [0, 0.1) is 21.7 Å². The Morgan fingerprint density at radius 3 is 2.28 bits per heavy atom. The number of hydrogen-bond acceptors (Lipinski definition) is 4. The second-order valence-electron chi connectivity index (χ2n) is 6.89. The van der Waals surface area contributed by atoms with Crippen molar-refractivity contribution in [1.82, 2.24) is 5.32 Å². The molecular formula is C20H21F2N3O4. The smallest absolute Gasteiger partial charge is 0.319 e. The number of nitrogens with zero attached hydrogens (tertiary/aromatic N) is 1. The average molecular weight is 405 g/mol. The molecule has 1 aliphatic rings. The van der Waals surface area contributed by atoms with Crippen LogP contribution in [0.4, 0.5) is 25.0 Å². The van der Waals surface area contributed by atoms with Gasteiger partial charge in [0.05, 0.1) is 17.6 Å². The first-order valence-electron chi connectivity index (χ1n) is 9.29. The van der Waals surface area contributed by atoms with E-state index in [0.29, 0.717) is 31.4 Å². The Kier molecular flexibility index (Phi) is 6.71. The molecule has 0 unspecified atom stereocenters. The Labute approximate surface area is 166 Å². The van der Waals surface area contributed by atoms with Gasteiger partial charge >= 0.3 is 6.03 Å². The zero-order valence-corrected chi connectivity index (χ0v) is 15.6. The van der Waals surface area contributed by atoms with Crippen molar-refractivity contribution in [3.05, 3.63) is 69.8 Å². The van der Waals surface area contributed by atoms with Crippen molar-refractivity contribution < 1.29 is 23.2 Å². The zero-order chi connectivity index (χ0) is 20.8. The molecule has 0 saturated heterocycles. The van der Waals surface area contributed by atoms with Gasteiger partial charge in [0.25, 0.3) is 5.69 Å².